The maximum Gasteiger partial charge on any atom is 0.329 e. The van der Waals surface area contributed by atoms with E-state index in [1.165, 1.54) is 16.7 Å². The molecule has 6 nitrogen and oxygen atoms in total. The molecule has 2 aromatic carbocycles. The van der Waals surface area contributed by atoms with Gasteiger partial charge in [0.05, 0.1) is 16.9 Å². The van der Waals surface area contributed by atoms with Crippen LogP contribution in [0, 0.1) is 5.82 Å². The number of hydrogen-bond donors (Lipinski definition) is 2. The number of benzene rings is 2. The molecule has 0 bridgehead atoms. The lowest BCUT2D eigenvalue weighted by molar-refractivity contribution is -0.122. The van der Waals surface area contributed by atoms with E-state index >= 15 is 0 Å². The Morgan fingerprint density at radius 3 is 2.56 bits per heavy atom. The zero-order valence-electron chi connectivity index (χ0n) is 13.5. The first kappa shape index (κ1) is 16.6. The smallest absolute Gasteiger partial charge is 0.329 e. The molecule has 0 saturated heterocycles. The van der Waals surface area contributed by atoms with Crippen molar-refractivity contribution in [3.63, 3.8) is 0 Å². The monoisotopic (exact) mass is 341 g/mol. The lowest BCUT2D eigenvalue weighted by atomic mass is 10.1. The van der Waals surface area contributed by atoms with E-state index in [4.69, 9.17) is 0 Å². The third kappa shape index (κ3) is 3.50. The van der Waals surface area contributed by atoms with Crippen molar-refractivity contribution >= 4 is 16.8 Å². The van der Waals surface area contributed by atoms with Gasteiger partial charge in [-0.25, -0.2) is 9.18 Å². The van der Waals surface area contributed by atoms with E-state index in [0.29, 0.717) is 10.9 Å². The number of rotatable bonds is 4. The molecular formula is C18H16FN3O3. The number of hydrogen-bond acceptors (Lipinski definition) is 3. The Kier molecular flexibility index (Phi) is 4.47. The topological polar surface area (TPSA) is 84.0 Å². The minimum atomic E-state index is -0.645. The molecule has 0 saturated carbocycles. The number of aromatic amines is 1. The van der Waals surface area contributed by atoms with Gasteiger partial charge in [0, 0.05) is 0 Å². The predicted octanol–water partition coefficient (Wildman–Crippen LogP) is 1.71. The highest BCUT2D eigenvalue weighted by Gasteiger charge is 2.13. The Bertz CT molecular complexity index is 1040. The fraction of sp³-hybridized carbons (Fsp3) is 0.167. The van der Waals surface area contributed by atoms with E-state index in [2.05, 4.69) is 10.3 Å². The minimum Gasteiger partial charge on any atom is -0.348 e. The van der Waals surface area contributed by atoms with Crippen molar-refractivity contribution in [1.82, 2.24) is 14.9 Å². The Morgan fingerprint density at radius 2 is 1.84 bits per heavy atom. The van der Waals surface area contributed by atoms with Gasteiger partial charge < -0.3 is 5.32 Å². The molecule has 0 spiro atoms. The van der Waals surface area contributed by atoms with Crippen LogP contribution in [0.1, 0.15) is 18.5 Å². The molecule has 7 heteroatoms. The standard InChI is InChI=1S/C18H16FN3O3/c1-11(12-6-8-13(19)9-7-12)20-16(23)10-22-15-5-3-2-4-14(15)17(24)21-18(22)25/h2-9,11H,10H2,1H3,(H,20,23)(H,21,24,25)/t11-/m0/s1. The van der Waals surface area contributed by atoms with E-state index < -0.39 is 17.2 Å². The SMILES string of the molecule is C[C@H](NC(=O)Cn1c(=O)[nH]c(=O)c2ccccc21)c1ccc(F)cc1. The summed E-state index contributed by atoms with van der Waals surface area (Å²) >= 11 is 0. The lowest BCUT2D eigenvalue weighted by Crippen LogP contribution is -2.37. The number of carbonyl (C=O) groups excluding carboxylic acids is 1. The van der Waals surface area contributed by atoms with E-state index in [0.717, 1.165) is 5.56 Å². The second-order valence-electron chi connectivity index (χ2n) is 5.70. The van der Waals surface area contributed by atoms with Crippen molar-refractivity contribution in [2.24, 2.45) is 0 Å². The second-order valence-corrected chi connectivity index (χ2v) is 5.70. The van der Waals surface area contributed by atoms with Gasteiger partial charge in [-0.2, -0.15) is 0 Å². The number of fused-ring (bicyclic) bond motifs is 1. The van der Waals surface area contributed by atoms with Crippen molar-refractivity contribution in [2.45, 2.75) is 19.5 Å². The Hall–Kier alpha value is -3.22. The van der Waals surface area contributed by atoms with E-state index in [1.807, 2.05) is 0 Å². The van der Waals surface area contributed by atoms with Crippen molar-refractivity contribution in [1.29, 1.82) is 0 Å². The first-order valence-corrected chi connectivity index (χ1v) is 7.72. The third-order valence-electron chi connectivity index (χ3n) is 3.95. The van der Waals surface area contributed by atoms with Crippen LogP contribution in [0.15, 0.2) is 58.1 Å². The molecule has 2 N–H and O–H groups in total. The van der Waals surface area contributed by atoms with Crippen molar-refractivity contribution < 1.29 is 9.18 Å². The van der Waals surface area contributed by atoms with Crippen molar-refractivity contribution in [2.75, 3.05) is 0 Å². The number of carbonyl (C=O) groups is 1. The number of nitrogens with zero attached hydrogens (tertiary/aromatic N) is 1. The highest BCUT2D eigenvalue weighted by molar-refractivity contribution is 5.81. The van der Waals surface area contributed by atoms with Gasteiger partial charge in [0.15, 0.2) is 0 Å². The van der Waals surface area contributed by atoms with Crippen LogP contribution in [0.4, 0.5) is 4.39 Å². The van der Waals surface area contributed by atoms with Crippen LogP contribution >= 0.6 is 0 Å². The molecule has 25 heavy (non-hydrogen) atoms. The first-order chi connectivity index (χ1) is 12.0. The predicted molar refractivity (Wildman–Crippen MR) is 91.8 cm³/mol. The van der Waals surface area contributed by atoms with Crippen LogP contribution in [0.25, 0.3) is 10.9 Å². The Morgan fingerprint density at radius 1 is 1.16 bits per heavy atom. The van der Waals surface area contributed by atoms with Gasteiger partial charge in [-0.15, -0.1) is 0 Å². The molecule has 3 rings (SSSR count). The molecule has 1 heterocycles. The van der Waals surface area contributed by atoms with Crippen LogP contribution in [0.5, 0.6) is 0 Å². The summed E-state index contributed by atoms with van der Waals surface area (Å²) in [5.74, 6) is -0.746. The largest absolute Gasteiger partial charge is 0.348 e. The molecule has 1 aromatic heterocycles. The molecule has 0 aliphatic carbocycles. The van der Waals surface area contributed by atoms with Crippen LogP contribution in [-0.4, -0.2) is 15.5 Å². The maximum atomic E-state index is 13.0. The highest BCUT2D eigenvalue weighted by atomic mass is 19.1. The summed E-state index contributed by atoms with van der Waals surface area (Å²) in [6.45, 7) is 1.53. The first-order valence-electron chi connectivity index (χ1n) is 7.72. The fourth-order valence-electron chi connectivity index (χ4n) is 2.66. The van der Waals surface area contributed by atoms with Gasteiger partial charge in [-0.3, -0.25) is 19.1 Å². The summed E-state index contributed by atoms with van der Waals surface area (Å²) < 4.78 is 14.2. The second kappa shape index (κ2) is 6.72. The number of halogens is 1. The third-order valence-corrected chi connectivity index (χ3v) is 3.95. The lowest BCUT2D eigenvalue weighted by Gasteiger charge is -2.15. The normalized spacial score (nSPS) is 12.1. The number of amides is 1. The van der Waals surface area contributed by atoms with Gasteiger partial charge in [0.1, 0.15) is 12.4 Å². The van der Waals surface area contributed by atoms with Crippen molar-refractivity contribution in [3.8, 4) is 0 Å². The van der Waals surface area contributed by atoms with Crippen LogP contribution in [0.3, 0.4) is 0 Å². The summed E-state index contributed by atoms with van der Waals surface area (Å²) in [5, 5.41) is 3.09. The molecule has 0 fully saturated rings. The maximum absolute atomic E-state index is 13.0. The summed E-state index contributed by atoms with van der Waals surface area (Å²) in [5.41, 5.74) is -0.000479. The minimum absolute atomic E-state index is 0.234. The molecule has 0 radical (unpaired) electrons. The number of H-pyrrole nitrogens is 1. The summed E-state index contributed by atoms with van der Waals surface area (Å²) in [6.07, 6.45) is 0. The number of aromatic nitrogens is 2. The average molecular weight is 341 g/mol. The molecule has 128 valence electrons. The van der Waals surface area contributed by atoms with E-state index in [1.54, 1.807) is 43.3 Å². The zero-order valence-corrected chi connectivity index (χ0v) is 13.5. The Labute approximate surface area is 141 Å². The molecule has 1 amide bonds. The van der Waals surface area contributed by atoms with Crippen LogP contribution < -0.4 is 16.6 Å². The van der Waals surface area contributed by atoms with E-state index in [9.17, 15) is 18.8 Å². The molecule has 1 atom stereocenters. The van der Waals surface area contributed by atoms with Crippen LogP contribution in [0.2, 0.25) is 0 Å². The molecule has 0 unspecified atom stereocenters. The van der Waals surface area contributed by atoms with Gasteiger partial charge in [-0.1, -0.05) is 24.3 Å². The van der Waals surface area contributed by atoms with Gasteiger partial charge in [-0.05, 0) is 36.8 Å². The molecule has 3 aromatic rings. The van der Waals surface area contributed by atoms with Gasteiger partial charge >= 0.3 is 5.69 Å². The average Bonchev–Trinajstić information content (AvgIpc) is 2.59. The van der Waals surface area contributed by atoms with E-state index in [-0.39, 0.29) is 18.4 Å². The summed E-state index contributed by atoms with van der Waals surface area (Å²) in [6, 6.07) is 12.0. The molecular weight excluding hydrogens is 325 g/mol. The van der Waals surface area contributed by atoms with Gasteiger partial charge in [0.2, 0.25) is 5.91 Å². The number of para-hydroxylation sites is 1. The highest BCUT2D eigenvalue weighted by Crippen LogP contribution is 2.13. The Balaban J connectivity index is 1.84. The summed E-state index contributed by atoms with van der Waals surface area (Å²) in [4.78, 5) is 38.4. The van der Waals surface area contributed by atoms with Crippen molar-refractivity contribution in [3.05, 3.63) is 80.7 Å². The van der Waals surface area contributed by atoms with Crippen LogP contribution in [-0.2, 0) is 11.3 Å². The molecule has 0 aliphatic heterocycles. The number of nitrogens with one attached hydrogen (secondary N) is 2. The fourth-order valence-corrected chi connectivity index (χ4v) is 2.66. The quantitative estimate of drug-likeness (QED) is 0.758. The van der Waals surface area contributed by atoms with Gasteiger partial charge in [0.25, 0.3) is 5.56 Å². The molecule has 0 aliphatic rings. The summed E-state index contributed by atoms with van der Waals surface area (Å²) in [7, 11) is 0. The zero-order chi connectivity index (χ0) is 18.0.